The summed E-state index contributed by atoms with van der Waals surface area (Å²) in [6, 6.07) is 0. The van der Waals surface area contributed by atoms with E-state index in [-0.39, 0.29) is 177 Å². The van der Waals surface area contributed by atoms with Crippen molar-refractivity contribution in [1.82, 2.24) is 0 Å². The molecule has 10 heteroatoms. The normalized spacial score (nSPS) is 5.90. The quantitative estimate of drug-likeness (QED) is 0.327. The number of phosphoric acid groups is 1. The maximum atomic E-state index is 8.55. The van der Waals surface area contributed by atoms with E-state index in [0.717, 1.165) is 0 Å². The van der Waals surface area contributed by atoms with E-state index in [0.29, 0.717) is 0 Å². The zero-order valence-electron chi connectivity index (χ0n) is 5.58. The minimum absolute atomic E-state index is 0. The molecule has 0 aliphatic rings. The van der Waals surface area contributed by atoms with Gasteiger partial charge in [-0.1, -0.05) is 0 Å². The Morgan fingerprint density at radius 2 is 0.900 bits per heavy atom. The summed E-state index contributed by atoms with van der Waals surface area (Å²) in [5.74, 6) is 0. The van der Waals surface area contributed by atoms with Gasteiger partial charge in [0.25, 0.3) is 0 Å². The Morgan fingerprint density at radius 3 is 0.900 bits per heavy atom. The average Bonchev–Trinajstić information content (AvgIpc) is 0.722. The largest absolute Gasteiger partial charge is 2.00 e. The van der Waals surface area contributed by atoms with E-state index in [4.69, 9.17) is 19.2 Å². The van der Waals surface area contributed by atoms with Gasteiger partial charge in [-0.2, -0.15) is 7.82 Å². The Labute approximate surface area is 198 Å². The molecule has 0 atom stereocenters. The van der Waals surface area contributed by atoms with Crippen molar-refractivity contribution in [3.8, 4) is 0 Å². The van der Waals surface area contributed by atoms with Crippen LogP contribution in [0.25, 0.3) is 0 Å². The van der Waals surface area contributed by atoms with Crippen molar-refractivity contribution in [2.75, 3.05) is 0 Å². The molecule has 0 aromatic heterocycles. The minimum Gasteiger partial charge on any atom is -1.00 e. The molecule has 0 N–H and O–H groups in total. The van der Waals surface area contributed by atoms with Crippen molar-refractivity contribution in [3.63, 3.8) is 0 Å². The Bertz CT molecular complexity index is 66.6. The first-order valence-corrected chi connectivity index (χ1v) is 2.19. The van der Waals surface area contributed by atoms with Gasteiger partial charge in [0.2, 0.25) is 0 Å². The van der Waals surface area contributed by atoms with Crippen molar-refractivity contribution in [1.29, 1.82) is 0 Å². The topological polar surface area (TPSA) is 86.2 Å². The van der Waals surface area contributed by atoms with Crippen molar-refractivity contribution in [3.05, 3.63) is 0 Å². The van der Waals surface area contributed by atoms with Crippen LogP contribution in [0.2, 0.25) is 0 Å². The van der Waals surface area contributed by atoms with Crippen LogP contribution in [-0.2, 0) is 4.57 Å². The smallest absolute Gasteiger partial charge is 1.00 e. The van der Waals surface area contributed by atoms with Crippen molar-refractivity contribution < 1.29 is 83.0 Å². The molecule has 0 heterocycles. The summed E-state index contributed by atoms with van der Waals surface area (Å²) in [5.41, 5.74) is 0. The maximum absolute atomic E-state index is 8.55. The molecule has 0 bridgehead atoms. The zero-order chi connectivity index (χ0) is 4.50. The number of hydrogen-bond acceptors (Lipinski definition) is 4. The molecule has 0 radical (unpaired) electrons. The zero-order valence-corrected chi connectivity index (χ0v) is 17.0. The van der Waals surface area contributed by atoms with Gasteiger partial charge in [-0.05, 0) is 0 Å². The molecular weight excluding hydrogens is 290 g/mol. The summed E-state index contributed by atoms with van der Waals surface area (Å²) in [6.45, 7) is 0. The van der Waals surface area contributed by atoms with Crippen LogP contribution < -0.4 is 78.5 Å². The number of hydrogen-bond donors (Lipinski definition) is 0. The summed E-state index contributed by atoms with van der Waals surface area (Å²) in [6.07, 6.45) is 0. The van der Waals surface area contributed by atoms with E-state index in [9.17, 15) is 0 Å². The third-order valence-electron chi connectivity index (χ3n) is 0. The Hall–Kier alpha value is 5.82. The Morgan fingerprint density at radius 1 is 0.900 bits per heavy atom. The third kappa shape index (κ3) is 67.1. The van der Waals surface area contributed by atoms with Crippen LogP contribution >= 0.6 is 7.82 Å². The fraction of sp³-hybridized carbons (Fsp3) is 0. The molecule has 40 valence electrons. The second-order valence-corrected chi connectivity index (χ2v) is 1.34. The molecule has 0 amide bonds. The van der Waals surface area contributed by atoms with Crippen molar-refractivity contribution in [2.24, 2.45) is 0 Å². The molecular formula is Ca3ClKO4P+3. The van der Waals surface area contributed by atoms with Crippen LogP contribution in [0.1, 0.15) is 0 Å². The molecule has 0 spiro atoms. The van der Waals surface area contributed by atoms with Gasteiger partial charge < -0.3 is 31.7 Å². The maximum Gasteiger partial charge on any atom is 2.00 e. The fourth-order valence-corrected chi connectivity index (χ4v) is 0. The van der Waals surface area contributed by atoms with E-state index in [1.54, 1.807) is 0 Å². The molecule has 10 heavy (non-hydrogen) atoms. The minimum atomic E-state index is -5.39. The van der Waals surface area contributed by atoms with Crippen molar-refractivity contribution >= 4 is 121 Å². The summed E-state index contributed by atoms with van der Waals surface area (Å²) >= 11 is 0. The molecule has 0 aliphatic carbocycles. The van der Waals surface area contributed by atoms with Gasteiger partial charge in [0.15, 0.2) is 0 Å². The van der Waals surface area contributed by atoms with Gasteiger partial charge >= 0.3 is 165 Å². The molecule has 0 saturated heterocycles. The third-order valence-corrected chi connectivity index (χ3v) is 0. The van der Waals surface area contributed by atoms with Gasteiger partial charge in [0.05, 0.1) is 0 Å². The van der Waals surface area contributed by atoms with Crippen LogP contribution in [0.4, 0.5) is 0 Å². The first kappa shape index (κ1) is 36.0. The summed E-state index contributed by atoms with van der Waals surface area (Å²) in [4.78, 5) is 25.6. The van der Waals surface area contributed by atoms with E-state index in [2.05, 4.69) is 0 Å². The first-order valence-electron chi connectivity index (χ1n) is 0.730. The van der Waals surface area contributed by atoms with Crippen LogP contribution in [0.15, 0.2) is 0 Å². The summed E-state index contributed by atoms with van der Waals surface area (Å²) < 4.78 is 8.55. The van der Waals surface area contributed by atoms with E-state index in [1.165, 1.54) is 0 Å². The molecule has 0 aromatic rings. The summed E-state index contributed by atoms with van der Waals surface area (Å²) in [5, 5.41) is 0. The number of halogens is 1. The summed E-state index contributed by atoms with van der Waals surface area (Å²) in [7, 11) is -5.39. The van der Waals surface area contributed by atoms with Crippen LogP contribution in [0.5, 0.6) is 0 Å². The van der Waals surface area contributed by atoms with Gasteiger partial charge in [-0.3, -0.25) is 0 Å². The Balaban J connectivity index is -0.00000000800. The van der Waals surface area contributed by atoms with Crippen LogP contribution in [0.3, 0.4) is 0 Å². The average molecular weight is 290 g/mol. The predicted molar refractivity (Wildman–Crippen MR) is 24.9 cm³/mol. The standard InChI is InChI=1S/3Ca.ClH.K.H3O4P/c;;;;;1-5(2,3)4/h;;;1H;;(H3,1,2,3,4)/q3*+2;;+1;/p-4. The second-order valence-electron chi connectivity index (χ2n) is 0.447. The molecule has 0 rings (SSSR count). The molecule has 0 aromatic carbocycles. The fourth-order valence-electron chi connectivity index (χ4n) is 0. The molecule has 0 aliphatic heterocycles. The van der Waals surface area contributed by atoms with E-state index >= 15 is 0 Å². The van der Waals surface area contributed by atoms with E-state index in [1.807, 2.05) is 0 Å². The monoisotopic (exact) mass is 289 g/mol. The predicted octanol–water partition coefficient (Wildman–Crippen LogP) is -9.96. The molecule has 0 fully saturated rings. The Kier molecular flexibility index (Phi) is 73.0. The molecule has 0 saturated carbocycles. The first-order chi connectivity index (χ1) is 2.00. The van der Waals surface area contributed by atoms with Gasteiger partial charge in [-0.25, -0.2) is 0 Å². The van der Waals surface area contributed by atoms with Crippen molar-refractivity contribution in [2.45, 2.75) is 0 Å². The van der Waals surface area contributed by atoms with Gasteiger partial charge in [0.1, 0.15) is 0 Å². The molecule has 0 unspecified atom stereocenters. The van der Waals surface area contributed by atoms with Crippen LogP contribution in [-0.4, -0.2) is 113 Å². The second kappa shape index (κ2) is 20.3. The molecule has 4 nitrogen and oxygen atoms in total. The van der Waals surface area contributed by atoms with E-state index < -0.39 is 7.82 Å². The van der Waals surface area contributed by atoms with Gasteiger partial charge in [0, 0.05) is 0 Å². The van der Waals surface area contributed by atoms with Gasteiger partial charge in [-0.15, -0.1) is 0 Å². The SMILES string of the molecule is O=P([O-])([O-])[O-].[Ca+2].[Ca+2].[Ca+2].[Cl-].[K+]. The van der Waals surface area contributed by atoms with Crippen LogP contribution in [0, 0.1) is 0 Å². The number of rotatable bonds is 0.